The van der Waals surface area contributed by atoms with Crippen LogP contribution >= 0.6 is 0 Å². The van der Waals surface area contributed by atoms with E-state index in [2.05, 4.69) is 4.98 Å². The molecule has 3 rings (SSSR count). The van der Waals surface area contributed by atoms with E-state index in [1.807, 2.05) is 36.4 Å². The van der Waals surface area contributed by atoms with Gasteiger partial charge in [0.25, 0.3) is 0 Å². The van der Waals surface area contributed by atoms with E-state index in [0.29, 0.717) is 0 Å². The molecule has 0 saturated carbocycles. The highest BCUT2D eigenvalue weighted by Crippen LogP contribution is 2.28. The van der Waals surface area contributed by atoms with Gasteiger partial charge in [0.15, 0.2) is 0 Å². The van der Waals surface area contributed by atoms with Gasteiger partial charge in [-0.1, -0.05) is 12.1 Å². The van der Waals surface area contributed by atoms with Crippen molar-refractivity contribution < 1.29 is 9.15 Å². The fraction of sp³-hybridized carbons (Fsp3) is 0.0714. The predicted octanol–water partition coefficient (Wildman–Crippen LogP) is 3.50. The molecule has 0 saturated heterocycles. The third-order valence-corrected chi connectivity index (χ3v) is 2.71. The maximum absolute atomic E-state index is 5.41. The Hall–Kier alpha value is -2.29. The van der Waals surface area contributed by atoms with Gasteiger partial charge in [0.2, 0.25) is 0 Å². The van der Waals surface area contributed by atoms with Crippen molar-refractivity contribution in [2.75, 3.05) is 7.11 Å². The molecule has 0 unspecified atom stereocenters. The van der Waals surface area contributed by atoms with Gasteiger partial charge in [-0.2, -0.15) is 0 Å². The molecule has 2 aromatic heterocycles. The van der Waals surface area contributed by atoms with Gasteiger partial charge < -0.3 is 9.15 Å². The molecule has 0 atom stereocenters. The number of methoxy groups -OCH3 is 1. The van der Waals surface area contributed by atoms with Crippen molar-refractivity contribution in [2.45, 2.75) is 0 Å². The van der Waals surface area contributed by atoms with Crippen LogP contribution in [0.3, 0.4) is 0 Å². The molecule has 1 aromatic carbocycles. The lowest BCUT2D eigenvalue weighted by atomic mass is 10.1. The smallest absolute Gasteiger partial charge is 0.137 e. The van der Waals surface area contributed by atoms with E-state index in [0.717, 1.165) is 28.0 Å². The molecule has 0 bridgehead atoms. The Balaban J connectivity index is 2.27. The topological polar surface area (TPSA) is 35.3 Å². The first-order valence-corrected chi connectivity index (χ1v) is 5.35. The molecule has 3 aromatic rings. The summed E-state index contributed by atoms with van der Waals surface area (Å²) in [7, 11) is 1.64. The van der Waals surface area contributed by atoms with Crippen LogP contribution in [0, 0.1) is 0 Å². The second-order valence-electron chi connectivity index (χ2n) is 3.73. The Morgan fingerprint density at radius 3 is 2.88 bits per heavy atom. The Kier molecular flexibility index (Phi) is 2.29. The Labute approximate surface area is 98.7 Å². The molecule has 3 heteroatoms. The van der Waals surface area contributed by atoms with Crippen molar-refractivity contribution in [3.05, 3.63) is 48.9 Å². The molecule has 0 aliphatic carbocycles. The van der Waals surface area contributed by atoms with E-state index in [4.69, 9.17) is 9.15 Å². The summed E-state index contributed by atoms with van der Waals surface area (Å²) in [4.78, 5) is 4.42. The number of ether oxygens (including phenoxy) is 1. The van der Waals surface area contributed by atoms with Crippen molar-refractivity contribution in [3.63, 3.8) is 0 Å². The van der Waals surface area contributed by atoms with Crippen molar-refractivity contribution in [2.24, 2.45) is 0 Å². The minimum atomic E-state index is 0.758. The Morgan fingerprint density at radius 1 is 1.18 bits per heavy atom. The summed E-state index contributed by atoms with van der Waals surface area (Å²) >= 11 is 0. The van der Waals surface area contributed by atoms with E-state index >= 15 is 0 Å². The van der Waals surface area contributed by atoms with Gasteiger partial charge in [0, 0.05) is 10.9 Å². The highest BCUT2D eigenvalue weighted by Gasteiger charge is 2.07. The molecule has 0 spiro atoms. The van der Waals surface area contributed by atoms with Crippen molar-refractivity contribution >= 4 is 10.9 Å². The normalized spacial score (nSPS) is 10.6. The fourth-order valence-corrected chi connectivity index (χ4v) is 1.88. The molecule has 0 amide bonds. The lowest BCUT2D eigenvalue weighted by Crippen LogP contribution is -1.87. The fourth-order valence-electron chi connectivity index (χ4n) is 1.88. The van der Waals surface area contributed by atoms with Crippen LogP contribution in [-0.2, 0) is 0 Å². The quantitative estimate of drug-likeness (QED) is 0.669. The number of pyridine rings is 1. The number of fused-ring (bicyclic) bond motifs is 1. The molecule has 84 valence electrons. The molecule has 0 aliphatic heterocycles. The van der Waals surface area contributed by atoms with Crippen LogP contribution in [0.15, 0.2) is 53.3 Å². The summed E-state index contributed by atoms with van der Waals surface area (Å²) in [6.07, 6.45) is 3.38. The van der Waals surface area contributed by atoms with Gasteiger partial charge in [-0.3, -0.25) is 4.98 Å². The minimum absolute atomic E-state index is 0.758. The van der Waals surface area contributed by atoms with Crippen molar-refractivity contribution in [3.8, 4) is 17.1 Å². The summed E-state index contributed by atoms with van der Waals surface area (Å²) in [5.41, 5.74) is 1.92. The van der Waals surface area contributed by atoms with Crippen LogP contribution in [0.4, 0.5) is 0 Å². The summed E-state index contributed by atoms with van der Waals surface area (Å²) in [6.45, 7) is 0. The minimum Gasteiger partial charge on any atom is -0.495 e. The lowest BCUT2D eigenvalue weighted by Gasteiger charge is -2.05. The van der Waals surface area contributed by atoms with E-state index in [9.17, 15) is 0 Å². The number of benzene rings is 1. The van der Waals surface area contributed by atoms with Crippen molar-refractivity contribution in [1.82, 2.24) is 4.98 Å². The highest BCUT2D eigenvalue weighted by molar-refractivity contribution is 5.92. The van der Waals surface area contributed by atoms with Gasteiger partial charge in [0.05, 0.1) is 25.1 Å². The largest absolute Gasteiger partial charge is 0.495 e. The van der Waals surface area contributed by atoms with Crippen LogP contribution in [0.2, 0.25) is 0 Å². The molecule has 3 nitrogen and oxygen atoms in total. The van der Waals surface area contributed by atoms with E-state index < -0.39 is 0 Å². The van der Waals surface area contributed by atoms with Gasteiger partial charge in [-0.25, -0.2) is 0 Å². The number of hydrogen-bond acceptors (Lipinski definition) is 3. The maximum Gasteiger partial charge on any atom is 0.137 e. The molecule has 0 aliphatic rings. The van der Waals surface area contributed by atoms with Crippen LogP contribution in [0.25, 0.3) is 22.2 Å². The van der Waals surface area contributed by atoms with Crippen LogP contribution < -0.4 is 4.74 Å². The standard InChI is InChI=1S/C14H11NO2/c1-16-11-8-10-4-2-5-12(14(10)15-9-11)13-6-3-7-17-13/h2-9H,1H3. The molecule has 17 heavy (non-hydrogen) atoms. The van der Waals surface area contributed by atoms with E-state index in [-0.39, 0.29) is 0 Å². The average Bonchev–Trinajstić information content (AvgIpc) is 2.91. The third kappa shape index (κ3) is 1.65. The molecule has 0 fully saturated rings. The van der Waals surface area contributed by atoms with Crippen molar-refractivity contribution in [1.29, 1.82) is 0 Å². The molecule has 0 radical (unpaired) electrons. The monoisotopic (exact) mass is 225 g/mol. The van der Waals surface area contributed by atoms with E-state index in [1.54, 1.807) is 19.6 Å². The SMILES string of the molecule is COc1cnc2c(-c3ccco3)cccc2c1. The Bertz CT molecular complexity index is 644. The predicted molar refractivity (Wildman–Crippen MR) is 66.0 cm³/mol. The maximum atomic E-state index is 5.41. The number of furan rings is 1. The third-order valence-electron chi connectivity index (χ3n) is 2.71. The zero-order valence-corrected chi connectivity index (χ0v) is 9.38. The second kappa shape index (κ2) is 3.94. The number of hydrogen-bond donors (Lipinski definition) is 0. The summed E-state index contributed by atoms with van der Waals surface area (Å²) in [5.74, 6) is 1.59. The second-order valence-corrected chi connectivity index (χ2v) is 3.73. The molecular weight excluding hydrogens is 214 g/mol. The van der Waals surface area contributed by atoms with Gasteiger partial charge in [0.1, 0.15) is 11.5 Å². The highest BCUT2D eigenvalue weighted by atomic mass is 16.5. The zero-order chi connectivity index (χ0) is 11.7. The van der Waals surface area contributed by atoms with Gasteiger partial charge in [-0.15, -0.1) is 0 Å². The molecule has 0 N–H and O–H groups in total. The lowest BCUT2D eigenvalue weighted by molar-refractivity contribution is 0.414. The first-order chi connectivity index (χ1) is 8.38. The summed E-state index contributed by atoms with van der Waals surface area (Å²) in [6, 6.07) is 11.8. The van der Waals surface area contributed by atoms with Crippen LogP contribution in [0.5, 0.6) is 5.75 Å². The summed E-state index contributed by atoms with van der Waals surface area (Å²) in [5, 5.41) is 1.04. The molecular formula is C14H11NO2. The number of para-hydroxylation sites is 1. The number of rotatable bonds is 2. The first-order valence-electron chi connectivity index (χ1n) is 5.35. The number of aromatic nitrogens is 1. The first kappa shape index (κ1) is 9.90. The van der Waals surface area contributed by atoms with Crippen LogP contribution in [-0.4, -0.2) is 12.1 Å². The van der Waals surface area contributed by atoms with Gasteiger partial charge in [-0.05, 0) is 24.3 Å². The molecule has 2 heterocycles. The van der Waals surface area contributed by atoms with Crippen LogP contribution in [0.1, 0.15) is 0 Å². The van der Waals surface area contributed by atoms with E-state index in [1.165, 1.54) is 0 Å². The zero-order valence-electron chi connectivity index (χ0n) is 9.38. The Morgan fingerprint density at radius 2 is 2.12 bits per heavy atom. The van der Waals surface area contributed by atoms with Gasteiger partial charge >= 0.3 is 0 Å². The summed E-state index contributed by atoms with van der Waals surface area (Å²) < 4.78 is 10.6. The average molecular weight is 225 g/mol. The number of nitrogens with zero attached hydrogens (tertiary/aromatic N) is 1.